The van der Waals surface area contributed by atoms with Crippen molar-refractivity contribution in [3.8, 4) is 0 Å². The number of hydrogen-bond acceptors (Lipinski definition) is 3. The summed E-state index contributed by atoms with van der Waals surface area (Å²) in [4.78, 5) is 11.1. The van der Waals surface area contributed by atoms with E-state index < -0.39 is 15.8 Å². The molecule has 0 saturated carbocycles. The number of rotatable bonds is 5. The number of piperidine rings is 1. The van der Waals surface area contributed by atoms with Gasteiger partial charge in [0.2, 0.25) is 15.9 Å². The largest absolute Gasteiger partial charge is 0.355 e. The smallest absolute Gasteiger partial charge is 0.243 e. The molecule has 1 saturated heterocycles. The first-order valence-electron chi connectivity index (χ1n) is 7.12. The molecular weight excluding hydrogens is 411 g/mol. The standard InChI is InChI=1S/C14H17BrClFN2O3S/c15-12-2-1-11(7-13(12)17)23(21,22)19-5-3-10(4-6-19)9-18-14(20)8-16/h1-2,7,10H,3-6,8-9H2,(H,18,20). The molecule has 1 aromatic carbocycles. The fourth-order valence-corrected chi connectivity index (χ4v) is 4.27. The molecule has 128 valence electrons. The quantitative estimate of drug-likeness (QED) is 0.734. The van der Waals surface area contributed by atoms with Gasteiger partial charge in [0.05, 0.1) is 9.37 Å². The van der Waals surface area contributed by atoms with Crippen LogP contribution in [0.25, 0.3) is 0 Å². The first kappa shape index (κ1) is 18.6. The highest BCUT2D eigenvalue weighted by Gasteiger charge is 2.29. The molecule has 1 aromatic rings. The van der Waals surface area contributed by atoms with Crippen molar-refractivity contribution in [3.05, 3.63) is 28.5 Å². The predicted octanol–water partition coefficient (Wildman–Crippen LogP) is 2.34. The molecule has 0 unspecified atom stereocenters. The summed E-state index contributed by atoms with van der Waals surface area (Å²) in [5, 5.41) is 2.71. The van der Waals surface area contributed by atoms with Crippen LogP contribution in [-0.4, -0.2) is 44.1 Å². The summed E-state index contributed by atoms with van der Waals surface area (Å²) in [6.45, 7) is 1.19. The van der Waals surface area contributed by atoms with E-state index in [2.05, 4.69) is 21.2 Å². The molecule has 1 fully saturated rings. The van der Waals surface area contributed by atoms with Crippen LogP contribution in [0, 0.1) is 11.7 Å². The molecule has 1 amide bonds. The molecule has 0 radical (unpaired) electrons. The van der Waals surface area contributed by atoms with Crippen LogP contribution in [0.3, 0.4) is 0 Å². The van der Waals surface area contributed by atoms with Crippen LogP contribution in [0.4, 0.5) is 4.39 Å². The Balaban J connectivity index is 1.98. The molecule has 0 spiro atoms. The van der Waals surface area contributed by atoms with Crippen LogP contribution in [-0.2, 0) is 14.8 Å². The van der Waals surface area contributed by atoms with Crippen molar-refractivity contribution in [3.63, 3.8) is 0 Å². The zero-order chi connectivity index (χ0) is 17.0. The van der Waals surface area contributed by atoms with E-state index >= 15 is 0 Å². The second-order valence-electron chi connectivity index (χ2n) is 5.36. The van der Waals surface area contributed by atoms with Crippen molar-refractivity contribution in [2.75, 3.05) is 25.5 Å². The zero-order valence-electron chi connectivity index (χ0n) is 12.3. The third-order valence-corrected chi connectivity index (χ3v) is 6.59. The van der Waals surface area contributed by atoms with Crippen LogP contribution in [0.15, 0.2) is 27.6 Å². The van der Waals surface area contributed by atoms with Gasteiger partial charge in [0.25, 0.3) is 0 Å². The number of sulfonamides is 1. The van der Waals surface area contributed by atoms with E-state index in [1.807, 2.05) is 0 Å². The first-order valence-corrected chi connectivity index (χ1v) is 9.89. The summed E-state index contributed by atoms with van der Waals surface area (Å²) < 4.78 is 40.2. The number of hydrogen-bond donors (Lipinski definition) is 1. The van der Waals surface area contributed by atoms with E-state index in [1.165, 1.54) is 16.4 Å². The summed E-state index contributed by atoms with van der Waals surface area (Å²) in [5.74, 6) is -0.699. The monoisotopic (exact) mass is 426 g/mol. The van der Waals surface area contributed by atoms with E-state index in [-0.39, 0.29) is 27.1 Å². The molecule has 0 bridgehead atoms. The summed E-state index contributed by atoms with van der Waals surface area (Å²) in [6, 6.07) is 3.79. The molecule has 2 rings (SSSR count). The summed E-state index contributed by atoms with van der Waals surface area (Å²) in [7, 11) is -3.70. The molecule has 1 N–H and O–H groups in total. The maximum atomic E-state index is 13.6. The van der Waals surface area contributed by atoms with Gasteiger partial charge in [-0.05, 0) is 52.9 Å². The van der Waals surface area contributed by atoms with Crippen LogP contribution in [0.2, 0.25) is 0 Å². The lowest BCUT2D eigenvalue weighted by molar-refractivity contribution is -0.118. The van der Waals surface area contributed by atoms with Gasteiger partial charge in [-0.15, -0.1) is 11.6 Å². The minimum Gasteiger partial charge on any atom is -0.355 e. The van der Waals surface area contributed by atoms with E-state index in [0.29, 0.717) is 32.5 Å². The van der Waals surface area contributed by atoms with E-state index in [9.17, 15) is 17.6 Å². The number of nitrogens with one attached hydrogen (secondary N) is 1. The Morgan fingerprint density at radius 2 is 2.04 bits per heavy atom. The van der Waals surface area contributed by atoms with Crippen molar-refractivity contribution < 1.29 is 17.6 Å². The molecular formula is C14H17BrClFN2O3S. The Bertz CT molecular complexity index is 679. The Hall–Kier alpha value is -0.700. The Kier molecular flexibility index (Phi) is 6.41. The van der Waals surface area contributed by atoms with Gasteiger partial charge < -0.3 is 5.32 Å². The highest BCUT2D eigenvalue weighted by Crippen LogP contribution is 2.26. The van der Waals surface area contributed by atoms with Gasteiger partial charge in [-0.3, -0.25) is 4.79 Å². The van der Waals surface area contributed by atoms with Crippen molar-refractivity contribution in [1.82, 2.24) is 9.62 Å². The maximum absolute atomic E-state index is 13.6. The number of carbonyl (C=O) groups is 1. The highest BCUT2D eigenvalue weighted by molar-refractivity contribution is 9.10. The maximum Gasteiger partial charge on any atom is 0.243 e. The van der Waals surface area contributed by atoms with E-state index in [4.69, 9.17) is 11.6 Å². The molecule has 1 aliphatic rings. The van der Waals surface area contributed by atoms with Crippen molar-refractivity contribution in [2.45, 2.75) is 17.7 Å². The van der Waals surface area contributed by atoms with Gasteiger partial charge in [-0.1, -0.05) is 0 Å². The number of halogens is 3. The van der Waals surface area contributed by atoms with Crippen LogP contribution in [0.5, 0.6) is 0 Å². The van der Waals surface area contributed by atoms with Crippen LogP contribution >= 0.6 is 27.5 Å². The lowest BCUT2D eigenvalue weighted by Gasteiger charge is -2.31. The number of benzene rings is 1. The SMILES string of the molecule is O=C(CCl)NCC1CCN(S(=O)(=O)c2ccc(Br)c(F)c2)CC1. The first-order chi connectivity index (χ1) is 10.8. The fraction of sp³-hybridized carbons (Fsp3) is 0.500. The molecule has 1 heterocycles. The number of amides is 1. The predicted molar refractivity (Wildman–Crippen MR) is 89.3 cm³/mol. The molecule has 0 aliphatic carbocycles. The number of carbonyl (C=O) groups excluding carboxylic acids is 1. The van der Waals surface area contributed by atoms with Gasteiger partial charge in [0.1, 0.15) is 11.7 Å². The highest BCUT2D eigenvalue weighted by atomic mass is 79.9. The third-order valence-electron chi connectivity index (χ3n) is 3.81. The van der Waals surface area contributed by atoms with Gasteiger partial charge >= 0.3 is 0 Å². The van der Waals surface area contributed by atoms with E-state index in [0.717, 1.165) is 6.07 Å². The summed E-state index contributed by atoms with van der Waals surface area (Å²) >= 11 is 8.42. The topological polar surface area (TPSA) is 66.5 Å². The van der Waals surface area contributed by atoms with Crippen molar-refractivity contribution in [1.29, 1.82) is 0 Å². The average molecular weight is 428 g/mol. The Labute approximate surface area is 148 Å². The van der Waals surface area contributed by atoms with Crippen molar-refractivity contribution >= 4 is 43.5 Å². The van der Waals surface area contributed by atoms with Crippen molar-refractivity contribution in [2.24, 2.45) is 5.92 Å². The Morgan fingerprint density at radius 1 is 1.39 bits per heavy atom. The third kappa shape index (κ3) is 4.65. The van der Waals surface area contributed by atoms with Crippen LogP contribution < -0.4 is 5.32 Å². The zero-order valence-corrected chi connectivity index (χ0v) is 15.4. The fourth-order valence-electron chi connectivity index (χ4n) is 2.45. The average Bonchev–Trinajstić information content (AvgIpc) is 2.55. The van der Waals surface area contributed by atoms with Gasteiger partial charge in [0.15, 0.2) is 0 Å². The molecule has 9 heteroatoms. The number of alkyl halides is 1. The summed E-state index contributed by atoms with van der Waals surface area (Å²) in [5.41, 5.74) is 0. The minimum absolute atomic E-state index is 0.0490. The van der Waals surface area contributed by atoms with Gasteiger partial charge in [0, 0.05) is 19.6 Å². The molecule has 5 nitrogen and oxygen atoms in total. The molecule has 0 atom stereocenters. The van der Waals surface area contributed by atoms with Gasteiger partial charge in [-0.25, -0.2) is 12.8 Å². The normalized spacial score (nSPS) is 17.2. The van der Waals surface area contributed by atoms with E-state index in [1.54, 1.807) is 0 Å². The lowest BCUT2D eigenvalue weighted by Crippen LogP contribution is -2.41. The second-order valence-corrected chi connectivity index (χ2v) is 8.42. The molecule has 23 heavy (non-hydrogen) atoms. The molecule has 1 aliphatic heterocycles. The molecule has 0 aromatic heterocycles. The number of nitrogens with zero attached hydrogens (tertiary/aromatic N) is 1. The van der Waals surface area contributed by atoms with Crippen LogP contribution in [0.1, 0.15) is 12.8 Å². The minimum atomic E-state index is -3.70. The second kappa shape index (κ2) is 7.92. The summed E-state index contributed by atoms with van der Waals surface area (Å²) in [6.07, 6.45) is 1.28. The lowest BCUT2D eigenvalue weighted by atomic mass is 9.98. The van der Waals surface area contributed by atoms with Gasteiger partial charge in [-0.2, -0.15) is 4.31 Å². The Morgan fingerprint density at radius 3 is 2.61 bits per heavy atom.